The topological polar surface area (TPSA) is 59.1 Å². The molecule has 0 bridgehead atoms. The van der Waals surface area contributed by atoms with Crippen molar-refractivity contribution in [1.82, 2.24) is 4.98 Å². The molecule has 13 heavy (non-hydrogen) atoms. The van der Waals surface area contributed by atoms with Gasteiger partial charge >= 0.3 is 0 Å². The zero-order chi connectivity index (χ0) is 9.68. The number of hydrogen-bond acceptors (Lipinski definition) is 3. The third kappa shape index (κ3) is 4.01. The molecule has 0 aromatic carbocycles. The van der Waals surface area contributed by atoms with Gasteiger partial charge in [0.2, 0.25) is 0 Å². The largest absolute Gasteiger partial charge is 0.393 e. The summed E-state index contributed by atoms with van der Waals surface area (Å²) in [5, 5.41) is 9.10. The number of rotatable bonds is 4. The van der Waals surface area contributed by atoms with E-state index < -0.39 is 0 Å². The van der Waals surface area contributed by atoms with Crippen molar-refractivity contribution in [2.45, 2.75) is 31.9 Å². The van der Waals surface area contributed by atoms with Crippen molar-refractivity contribution in [1.29, 1.82) is 0 Å². The molecule has 1 heterocycles. The first-order valence-corrected chi connectivity index (χ1v) is 4.52. The Morgan fingerprint density at radius 1 is 1.54 bits per heavy atom. The SMILES string of the molecule is CC(O)CC(N)Cc1ccccn1. The Balaban J connectivity index is 2.41. The van der Waals surface area contributed by atoms with Gasteiger partial charge in [-0.2, -0.15) is 0 Å². The molecule has 0 aliphatic heterocycles. The summed E-state index contributed by atoms with van der Waals surface area (Å²) in [4.78, 5) is 4.16. The third-order valence-corrected chi connectivity index (χ3v) is 1.84. The average molecular weight is 180 g/mol. The first-order chi connectivity index (χ1) is 6.18. The van der Waals surface area contributed by atoms with Crippen molar-refractivity contribution in [2.24, 2.45) is 5.73 Å². The monoisotopic (exact) mass is 180 g/mol. The second-order valence-corrected chi connectivity index (χ2v) is 3.37. The summed E-state index contributed by atoms with van der Waals surface area (Å²) in [6.45, 7) is 1.75. The van der Waals surface area contributed by atoms with Crippen molar-refractivity contribution in [2.75, 3.05) is 0 Å². The van der Waals surface area contributed by atoms with Crippen LogP contribution in [0.4, 0.5) is 0 Å². The van der Waals surface area contributed by atoms with E-state index in [0.29, 0.717) is 6.42 Å². The van der Waals surface area contributed by atoms with Crippen LogP contribution in [-0.4, -0.2) is 22.2 Å². The van der Waals surface area contributed by atoms with Crippen LogP contribution >= 0.6 is 0 Å². The molecule has 3 N–H and O–H groups in total. The van der Waals surface area contributed by atoms with Crippen LogP contribution in [0.1, 0.15) is 19.0 Å². The van der Waals surface area contributed by atoms with Gasteiger partial charge in [0, 0.05) is 24.4 Å². The van der Waals surface area contributed by atoms with E-state index in [9.17, 15) is 0 Å². The van der Waals surface area contributed by atoms with Gasteiger partial charge in [0.1, 0.15) is 0 Å². The fraction of sp³-hybridized carbons (Fsp3) is 0.500. The van der Waals surface area contributed by atoms with Gasteiger partial charge in [-0.3, -0.25) is 4.98 Å². The second-order valence-electron chi connectivity index (χ2n) is 3.37. The summed E-state index contributed by atoms with van der Waals surface area (Å²) in [7, 11) is 0. The average Bonchev–Trinajstić information content (AvgIpc) is 2.04. The van der Waals surface area contributed by atoms with Crippen LogP contribution in [0.25, 0.3) is 0 Å². The molecule has 0 radical (unpaired) electrons. The highest BCUT2D eigenvalue weighted by atomic mass is 16.3. The minimum Gasteiger partial charge on any atom is -0.393 e. The first-order valence-electron chi connectivity index (χ1n) is 4.52. The number of aromatic nitrogens is 1. The highest BCUT2D eigenvalue weighted by Crippen LogP contribution is 2.02. The van der Waals surface area contributed by atoms with Gasteiger partial charge in [-0.15, -0.1) is 0 Å². The van der Waals surface area contributed by atoms with Crippen molar-refractivity contribution < 1.29 is 5.11 Å². The number of nitrogens with two attached hydrogens (primary N) is 1. The maximum Gasteiger partial charge on any atom is 0.0527 e. The fourth-order valence-electron chi connectivity index (χ4n) is 1.31. The van der Waals surface area contributed by atoms with Gasteiger partial charge in [0.05, 0.1) is 6.10 Å². The lowest BCUT2D eigenvalue weighted by molar-refractivity contribution is 0.174. The van der Waals surface area contributed by atoms with Crippen molar-refractivity contribution in [3.05, 3.63) is 30.1 Å². The van der Waals surface area contributed by atoms with E-state index >= 15 is 0 Å². The van der Waals surface area contributed by atoms with E-state index in [4.69, 9.17) is 10.8 Å². The number of pyridine rings is 1. The number of nitrogens with zero attached hydrogens (tertiary/aromatic N) is 1. The van der Waals surface area contributed by atoms with Crippen LogP contribution in [0.3, 0.4) is 0 Å². The van der Waals surface area contributed by atoms with Crippen molar-refractivity contribution >= 4 is 0 Å². The van der Waals surface area contributed by atoms with Gasteiger partial charge in [-0.1, -0.05) is 6.07 Å². The molecule has 3 heteroatoms. The molecule has 0 spiro atoms. The Kier molecular flexibility index (Phi) is 3.86. The number of hydrogen-bond donors (Lipinski definition) is 2. The lowest BCUT2D eigenvalue weighted by atomic mass is 10.1. The predicted molar refractivity (Wildman–Crippen MR) is 52.2 cm³/mol. The van der Waals surface area contributed by atoms with Crippen LogP contribution in [-0.2, 0) is 6.42 Å². The summed E-state index contributed by atoms with van der Waals surface area (Å²) >= 11 is 0. The molecular weight excluding hydrogens is 164 g/mol. The molecule has 2 unspecified atom stereocenters. The Morgan fingerprint density at radius 2 is 2.31 bits per heavy atom. The van der Waals surface area contributed by atoms with Gasteiger partial charge in [-0.05, 0) is 25.5 Å². The Labute approximate surface area is 78.6 Å². The Bertz CT molecular complexity index is 236. The zero-order valence-corrected chi connectivity index (χ0v) is 7.85. The highest BCUT2D eigenvalue weighted by molar-refractivity contribution is 5.04. The van der Waals surface area contributed by atoms with Crippen LogP contribution in [0.5, 0.6) is 0 Å². The maximum atomic E-state index is 9.10. The van der Waals surface area contributed by atoms with E-state index in [-0.39, 0.29) is 12.1 Å². The zero-order valence-electron chi connectivity index (χ0n) is 7.85. The molecule has 1 aromatic heterocycles. The minimum atomic E-state index is -0.335. The molecule has 1 aromatic rings. The molecule has 0 aliphatic rings. The van der Waals surface area contributed by atoms with E-state index in [2.05, 4.69) is 4.98 Å². The maximum absolute atomic E-state index is 9.10. The predicted octanol–water partition coefficient (Wildman–Crippen LogP) is 0.722. The van der Waals surface area contributed by atoms with E-state index in [1.54, 1.807) is 13.1 Å². The van der Waals surface area contributed by atoms with E-state index in [1.807, 2.05) is 18.2 Å². The van der Waals surface area contributed by atoms with E-state index in [0.717, 1.165) is 12.1 Å². The number of aliphatic hydroxyl groups excluding tert-OH is 1. The smallest absolute Gasteiger partial charge is 0.0527 e. The Morgan fingerprint density at radius 3 is 2.85 bits per heavy atom. The van der Waals surface area contributed by atoms with Crippen LogP contribution < -0.4 is 5.73 Å². The quantitative estimate of drug-likeness (QED) is 0.718. The summed E-state index contributed by atoms with van der Waals surface area (Å²) < 4.78 is 0. The van der Waals surface area contributed by atoms with Crippen LogP contribution in [0, 0.1) is 0 Å². The lowest BCUT2D eigenvalue weighted by Crippen LogP contribution is -2.27. The van der Waals surface area contributed by atoms with Gasteiger partial charge < -0.3 is 10.8 Å². The molecule has 1 rings (SSSR count). The molecule has 3 nitrogen and oxygen atoms in total. The number of aliphatic hydroxyl groups is 1. The summed E-state index contributed by atoms with van der Waals surface area (Å²) in [5.74, 6) is 0. The normalized spacial score (nSPS) is 15.3. The molecule has 0 aliphatic carbocycles. The minimum absolute atomic E-state index is 0.00472. The van der Waals surface area contributed by atoms with Gasteiger partial charge in [0.25, 0.3) is 0 Å². The fourth-order valence-corrected chi connectivity index (χ4v) is 1.31. The van der Waals surface area contributed by atoms with Gasteiger partial charge in [-0.25, -0.2) is 0 Å². The summed E-state index contributed by atoms with van der Waals surface area (Å²) in [6, 6.07) is 5.76. The molecular formula is C10H16N2O. The second kappa shape index (κ2) is 4.94. The highest BCUT2D eigenvalue weighted by Gasteiger charge is 2.07. The van der Waals surface area contributed by atoms with Crippen molar-refractivity contribution in [3.63, 3.8) is 0 Å². The summed E-state index contributed by atoms with van der Waals surface area (Å²) in [5.41, 5.74) is 6.79. The first kappa shape index (κ1) is 10.2. The lowest BCUT2D eigenvalue weighted by Gasteiger charge is -2.12. The van der Waals surface area contributed by atoms with Crippen LogP contribution in [0.2, 0.25) is 0 Å². The van der Waals surface area contributed by atoms with Crippen molar-refractivity contribution in [3.8, 4) is 0 Å². The Hall–Kier alpha value is -0.930. The molecule has 0 saturated heterocycles. The molecule has 0 amide bonds. The third-order valence-electron chi connectivity index (χ3n) is 1.84. The molecule has 0 saturated carbocycles. The van der Waals surface area contributed by atoms with E-state index in [1.165, 1.54) is 0 Å². The standard InChI is InChI=1S/C10H16N2O/c1-8(13)6-9(11)7-10-4-2-3-5-12-10/h2-5,8-9,13H,6-7,11H2,1H3. The molecule has 72 valence electrons. The van der Waals surface area contributed by atoms with Gasteiger partial charge in [0.15, 0.2) is 0 Å². The molecule has 0 fully saturated rings. The van der Waals surface area contributed by atoms with Crippen LogP contribution in [0.15, 0.2) is 24.4 Å². The molecule has 2 atom stereocenters. The summed E-state index contributed by atoms with van der Waals surface area (Å²) in [6.07, 6.45) is 2.77.